The highest BCUT2D eigenvalue weighted by Crippen LogP contribution is 2.26. The smallest absolute Gasteiger partial charge is 0.332 e. The number of esters is 1. The zero-order chi connectivity index (χ0) is 18.4. The molecule has 0 saturated heterocycles. The number of primary amides is 1. The number of amides is 2. The van der Waals surface area contributed by atoms with Crippen LogP contribution >= 0.6 is 0 Å². The molecule has 0 radical (unpaired) electrons. The molecular weight excluding hydrogens is 324 g/mol. The Morgan fingerprint density at radius 3 is 2.80 bits per heavy atom. The Balaban J connectivity index is 2.45. The number of ether oxygens (including phenoxy) is 1. The average molecular weight is 342 g/mol. The summed E-state index contributed by atoms with van der Waals surface area (Å²) in [6.07, 6.45) is 0. The number of carbonyl (C=O) groups is 2. The summed E-state index contributed by atoms with van der Waals surface area (Å²) in [6.45, 7) is 3.31. The van der Waals surface area contributed by atoms with E-state index in [1.165, 1.54) is 6.92 Å². The van der Waals surface area contributed by atoms with Gasteiger partial charge in [0.1, 0.15) is 17.7 Å². The van der Waals surface area contributed by atoms with Crippen LogP contribution in [-0.4, -0.2) is 34.3 Å². The molecule has 25 heavy (non-hydrogen) atoms. The highest BCUT2D eigenvalue weighted by atomic mass is 16.5. The molecule has 9 heteroatoms. The number of hydrogen-bond donors (Lipinski definition) is 3. The first-order valence-corrected chi connectivity index (χ1v) is 7.58. The molecule has 2 amide bonds. The van der Waals surface area contributed by atoms with E-state index in [1.54, 1.807) is 13.0 Å². The van der Waals surface area contributed by atoms with E-state index in [1.807, 2.05) is 18.2 Å². The fourth-order valence-corrected chi connectivity index (χ4v) is 2.41. The topological polar surface area (TPSA) is 146 Å². The molecule has 130 valence electrons. The van der Waals surface area contributed by atoms with Crippen molar-refractivity contribution in [3.05, 3.63) is 30.1 Å². The Morgan fingerprint density at radius 1 is 1.48 bits per heavy atom. The number of nitrogens with zero attached hydrogens (tertiary/aromatic N) is 3. The Labute approximate surface area is 143 Å². The van der Waals surface area contributed by atoms with Gasteiger partial charge in [0, 0.05) is 0 Å². The molecule has 0 saturated carbocycles. The Hall–Kier alpha value is -3.41. The van der Waals surface area contributed by atoms with Gasteiger partial charge in [0.2, 0.25) is 0 Å². The number of rotatable bonds is 6. The fourth-order valence-electron chi connectivity index (χ4n) is 2.41. The van der Waals surface area contributed by atoms with Gasteiger partial charge in [-0.15, -0.1) is 0 Å². The minimum Gasteiger partial charge on any atom is -0.465 e. The number of nitrogens with two attached hydrogens (primary N) is 1. The summed E-state index contributed by atoms with van der Waals surface area (Å²) in [6, 6.07) is 8.45. The predicted molar refractivity (Wildman–Crippen MR) is 90.4 cm³/mol. The predicted octanol–water partition coefficient (Wildman–Crippen LogP) is 1.39. The Bertz CT molecular complexity index is 818. The highest BCUT2D eigenvalue weighted by molar-refractivity contribution is 6.02. The maximum atomic E-state index is 12.4. The minimum absolute atomic E-state index is 0.143. The number of nitriles is 1. The van der Waals surface area contributed by atoms with Gasteiger partial charge in [-0.3, -0.25) is 4.79 Å². The van der Waals surface area contributed by atoms with E-state index in [0.717, 1.165) is 5.52 Å². The fraction of sp³-hybridized carbons (Fsp3) is 0.312. The summed E-state index contributed by atoms with van der Waals surface area (Å²) >= 11 is 0. The van der Waals surface area contributed by atoms with E-state index in [2.05, 4.69) is 26.6 Å². The van der Waals surface area contributed by atoms with Crippen molar-refractivity contribution in [3.8, 4) is 6.07 Å². The van der Waals surface area contributed by atoms with E-state index in [4.69, 9.17) is 10.5 Å². The summed E-state index contributed by atoms with van der Waals surface area (Å²) in [5.74, 6) is -2.33. The lowest BCUT2D eigenvalue weighted by Crippen LogP contribution is -2.33. The van der Waals surface area contributed by atoms with Crippen molar-refractivity contribution in [2.75, 3.05) is 6.61 Å². The number of urea groups is 1. The molecule has 0 aliphatic heterocycles. The zero-order valence-electron chi connectivity index (χ0n) is 13.8. The number of nitrogens with one attached hydrogen (secondary N) is 2. The molecule has 2 atom stereocenters. The first-order valence-electron chi connectivity index (χ1n) is 7.58. The number of carbonyl (C=O) groups excluding carboxylic acids is 2. The number of aromatic nitrogens is 2. The molecule has 0 aliphatic rings. The van der Waals surface area contributed by atoms with Crippen LogP contribution in [0.15, 0.2) is 29.4 Å². The lowest BCUT2D eigenvalue weighted by molar-refractivity contribution is -0.145. The molecule has 2 unspecified atom stereocenters. The molecule has 0 aliphatic carbocycles. The molecule has 1 aromatic heterocycles. The van der Waals surface area contributed by atoms with Crippen molar-refractivity contribution in [2.24, 2.45) is 16.8 Å². The third-order valence-electron chi connectivity index (χ3n) is 3.51. The number of H-pyrrole nitrogens is 1. The molecule has 0 bridgehead atoms. The summed E-state index contributed by atoms with van der Waals surface area (Å²) in [7, 11) is 0. The Morgan fingerprint density at radius 2 is 2.20 bits per heavy atom. The number of fused-ring (bicyclic) bond motifs is 1. The van der Waals surface area contributed by atoms with Gasteiger partial charge in [-0.1, -0.05) is 12.1 Å². The molecule has 2 rings (SSSR count). The SMILES string of the molecule is CCOC(=O)C(/C(C)=N/NC(N)=O)C(C#N)c1nc2ccccc2[nH]1. The summed E-state index contributed by atoms with van der Waals surface area (Å²) in [5, 5.41) is 13.4. The molecule has 1 aromatic carbocycles. The highest BCUT2D eigenvalue weighted by Gasteiger charge is 2.36. The summed E-state index contributed by atoms with van der Waals surface area (Å²) in [4.78, 5) is 30.6. The van der Waals surface area contributed by atoms with Crippen LogP contribution in [0.1, 0.15) is 25.6 Å². The standard InChI is InChI=1S/C16H18N6O3/c1-3-25-15(23)13(9(2)21-22-16(18)24)10(8-17)14-19-11-6-4-5-7-12(11)20-14/h4-7,10,13H,3H2,1-2H3,(H,19,20)(H3,18,22,24)/b21-9+. The van der Waals surface area contributed by atoms with Gasteiger partial charge in [-0.25, -0.2) is 15.2 Å². The molecule has 0 fully saturated rings. The lowest BCUT2D eigenvalue weighted by atomic mass is 9.89. The maximum absolute atomic E-state index is 12.4. The van der Waals surface area contributed by atoms with Crippen molar-refractivity contribution < 1.29 is 14.3 Å². The second-order valence-corrected chi connectivity index (χ2v) is 5.20. The quantitative estimate of drug-likeness (QED) is 0.412. The molecule has 1 heterocycles. The number of benzene rings is 1. The van der Waals surface area contributed by atoms with Crippen molar-refractivity contribution >= 4 is 28.7 Å². The van der Waals surface area contributed by atoms with Crippen LogP contribution < -0.4 is 11.2 Å². The van der Waals surface area contributed by atoms with Gasteiger partial charge in [0.15, 0.2) is 0 Å². The molecule has 2 aromatic rings. The Kier molecular flexibility index (Phi) is 5.68. The van der Waals surface area contributed by atoms with Gasteiger partial charge in [-0.05, 0) is 26.0 Å². The van der Waals surface area contributed by atoms with Crippen molar-refractivity contribution in [2.45, 2.75) is 19.8 Å². The first-order chi connectivity index (χ1) is 12.0. The van der Waals surface area contributed by atoms with Crippen molar-refractivity contribution in [1.82, 2.24) is 15.4 Å². The summed E-state index contributed by atoms with van der Waals surface area (Å²) in [5.41, 5.74) is 8.65. The van der Waals surface area contributed by atoms with Crippen LogP contribution in [0.3, 0.4) is 0 Å². The lowest BCUT2D eigenvalue weighted by Gasteiger charge is -2.18. The van der Waals surface area contributed by atoms with Crippen LogP contribution in [0.5, 0.6) is 0 Å². The van der Waals surface area contributed by atoms with E-state index in [-0.39, 0.29) is 12.3 Å². The van der Waals surface area contributed by atoms with Crippen LogP contribution in [0.25, 0.3) is 11.0 Å². The second kappa shape index (κ2) is 7.92. The number of hydrazone groups is 1. The van der Waals surface area contributed by atoms with Gasteiger partial charge in [0.05, 0.1) is 29.4 Å². The van der Waals surface area contributed by atoms with Crippen LogP contribution in [-0.2, 0) is 9.53 Å². The summed E-state index contributed by atoms with van der Waals surface area (Å²) < 4.78 is 5.05. The third kappa shape index (κ3) is 4.11. The largest absolute Gasteiger partial charge is 0.465 e. The molecule has 0 spiro atoms. The van der Waals surface area contributed by atoms with Gasteiger partial charge < -0.3 is 15.5 Å². The van der Waals surface area contributed by atoms with E-state index in [9.17, 15) is 14.9 Å². The van der Waals surface area contributed by atoms with Gasteiger partial charge in [0.25, 0.3) is 0 Å². The average Bonchev–Trinajstić information content (AvgIpc) is 3.01. The van der Waals surface area contributed by atoms with Gasteiger partial charge >= 0.3 is 12.0 Å². The van der Waals surface area contributed by atoms with E-state index < -0.39 is 23.8 Å². The monoisotopic (exact) mass is 342 g/mol. The second-order valence-electron chi connectivity index (χ2n) is 5.20. The van der Waals surface area contributed by atoms with Crippen LogP contribution in [0.4, 0.5) is 4.79 Å². The van der Waals surface area contributed by atoms with E-state index >= 15 is 0 Å². The van der Waals surface area contributed by atoms with Gasteiger partial charge in [-0.2, -0.15) is 10.4 Å². The maximum Gasteiger partial charge on any atom is 0.332 e. The normalized spacial score (nSPS) is 13.7. The molecule has 4 N–H and O–H groups in total. The molecular formula is C16H18N6O3. The van der Waals surface area contributed by atoms with Crippen LogP contribution in [0.2, 0.25) is 0 Å². The number of aromatic amines is 1. The zero-order valence-corrected chi connectivity index (χ0v) is 13.8. The minimum atomic E-state index is -1.04. The number of para-hydroxylation sites is 2. The third-order valence-corrected chi connectivity index (χ3v) is 3.51. The van der Waals surface area contributed by atoms with Crippen molar-refractivity contribution in [3.63, 3.8) is 0 Å². The number of hydrogen-bond acceptors (Lipinski definition) is 6. The number of imidazole rings is 1. The van der Waals surface area contributed by atoms with E-state index in [0.29, 0.717) is 11.3 Å². The van der Waals surface area contributed by atoms with Crippen molar-refractivity contribution in [1.29, 1.82) is 5.26 Å². The first kappa shape index (κ1) is 17.9. The van der Waals surface area contributed by atoms with Crippen LogP contribution in [0, 0.1) is 17.2 Å². The molecule has 9 nitrogen and oxygen atoms in total.